The maximum Gasteiger partial charge on any atom is 0.245 e. The SMILES string of the molecule is COCCN(C1CC1)S(=O)(=O)c1ccc(F)cc1N. The van der Waals surface area contributed by atoms with Gasteiger partial charge in [-0.05, 0) is 31.0 Å². The number of nitrogens with zero attached hydrogens (tertiary/aromatic N) is 1. The minimum Gasteiger partial charge on any atom is -0.398 e. The van der Waals surface area contributed by atoms with Crippen molar-refractivity contribution in [2.24, 2.45) is 0 Å². The van der Waals surface area contributed by atoms with Crippen LogP contribution in [0.2, 0.25) is 0 Å². The summed E-state index contributed by atoms with van der Waals surface area (Å²) in [5, 5.41) is 0. The Morgan fingerprint density at radius 2 is 2.16 bits per heavy atom. The highest BCUT2D eigenvalue weighted by atomic mass is 32.2. The molecule has 19 heavy (non-hydrogen) atoms. The molecule has 1 aliphatic carbocycles. The molecular weight excluding hydrogens is 271 g/mol. The van der Waals surface area contributed by atoms with Crippen molar-refractivity contribution in [1.82, 2.24) is 4.31 Å². The number of nitrogen functional groups attached to an aromatic ring is 1. The van der Waals surface area contributed by atoms with E-state index in [1.54, 1.807) is 0 Å². The molecule has 1 saturated carbocycles. The molecule has 0 saturated heterocycles. The zero-order valence-electron chi connectivity index (χ0n) is 10.7. The quantitative estimate of drug-likeness (QED) is 0.799. The Morgan fingerprint density at radius 1 is 1.47 bits per heavy atom. The second kappa shape index (κ2) is 5.44. The van der Waals surface area contributed by atoms with Crippen molar-refractivity contribution < 1.29 is 17.5 Å². The van der Waals surface area contributed by atoms with Crippen LogP contribution in [-0.4, -0.2) is 39.0 Å². The van der Waals surface area contributed by atoms with Gasteiger partial charge >= 0.3 is 0 Å². The summed E-state index contributed by atoms with van der Waals surface area (Å²) < 4.78 is 44.4. The Hall–Kier alpha value is -1.18. The molecule has 106 valence electrons. The van der Waals surface area contributed by atoms with Gasteiger partial charge in [-0.2, -0.15) is 4.31 Å². The smallest absolute Gasteiger partial charge is 0.245 e. The van der Waals surface area contributed by atoms with Crippen molar-refractivity contribution in [3.05, 3.63) is 24.0 Å². The van der Waals surface area contributed by atoms with E-state index in [0.717, 1.165) is 25.0 Å². The summed E-state index contributed by atoms with van der Waals surface area (Å²) in [5.41, 5.74) is 5.55. The number of sulfonamides is 1. The van der Waals surface area contributed by atoms with E-state index in [1.165, 1.54) is 17.5 Å². The number of hydrogen-bond acceptors (Lipinski definition) is 4. The molecule has 7 heteroatoms. The van der Waals surface area contributed by atoms with E-state index in [1.807, 2.05) is 0 Å². The van der Waals surface area contributed by atoms with E-state index in [9.17, 15) is 12.8 Å². The molecule has 0 aliphatic heterocycles. The highest BCUT2D eigenvalue weighted by molar-refractivity contribution is 7.89. The third-order valence-corrected chi connectivity index (χ3v) is 5.05. The molecule has 0 unspecified atom stereocenters. The molecule has 0 atom stereocenters. The van der Waals surface area contributed by atoms with Crippen molar-refractivity contribution in [2.45, 2.75) is 23.8 Å². The summed E-state index contributed by atoms with van der Waals surface area (Å²) in [6, 6.07) is 3.34. The number of methoxy groups -OCH3 is 1. The highest BCUT2D eigenvalue weighted by Crippen LogP contribution is 2.33. The predicted octanol–water partition coefficient (Wildman–Crippen LogP) is 1.21. The molecule has 2 N–H and O–H groups in total. The number of rotatable bonds is 6. The number of nitrogens with two attached hydrogens (primary N) is 1. The molecule has 2 rings (SSSR count). The monoisotopic (exact) mass is 288 g/mol. The summed E-state index contributed by atoms with van der Waals surface area (Å²) >= 11 is 0. The Morgan fingerprint density at radius 3 is 2.68 bits per heavy atom. The summed E-state index contributed by atoms with van der Waals surface area (Å²) in [7, 11) is -2.18. The van der Waals surface area contributed by atoms with Crippen LogP contribution in [0.4, 0.5) is 10.1 Å². The number of halogens is 1. The Bertz CT molecular complexity index is 558. The zero-order valence-corrected chi connectivity index (χ0v) is 11.5. The fourth-order valence-corrected chi connectivity index (χ4v) is 3.69. The fourth-order valence-electron chi connectivity index (χ4n) is 1.92. The van der Waals surface area contributed by atoms with Gasteiger partial charge in [0.05, 0.1) is 12.3 Å². The van der Waals surface area contributed by atoms with Crippen LogP contribution in [0.1, 0.15) is 12.8 Å². The average Bonchev–Trinajstić information content (AvgIpc) is 3.13. The molecule has 1 fully saturated rings. The number of hydrogen-bond donors (Lipinski definition) is 1. The van der Waals surface area contributed by atoms with Gasteiger partial charge < -0.3 is 10.5 Å². The van der Waals surface area contributed by atoms with Crippen molar-refractivity contribution in [3.8, 4) is 0 Å². The maximum absolute atomic E-state index is 13.0. The average molecular weight is 288 g/mol. The van der Waals surface area contributed by atoms with Gasteiger partial charge in [0.1, 0.15) is 10.7 Å². The highest BCUT2D eigenvalue weighted by Gasteiger charge is 2.38. The second-order valence-electron chi connectivity index (χ2n) is 4.52. The maximum atomic E-state index is 13.0. The zero-order chi connectivity index (χ0) is 14.0. The Labute approximate surface area is 112 Å². The van der Waals surface area contributed by atoms with Crippen molar-refractivity contribution in [3.63, 3.8) is 0 Å². The Balaban J connectivity index is 2.33. The standard InChI is InChI=1S/C12H17FN2O3S/c1-18-7-6-15(10-3-4-10)19(16,17)12-5-2-9(13)8-11(12)14/h2,5,8,10H,3-4,6-7,14H2,1H3. The van der Waals surface area contributed by atoms with Crippen LogP contribution in [0, 0.1) is 5.82 Å². The normalized spacial score (nSPS) is 15.9. The first-order chi connectivity index (χ1) is 8.96. The van der Waals surface area contributed by atoms with Crippen LogP contribution in [0.5, 0.6) is 0 Å². The van der Waals surface area contributed by atoms with E-state index in [-0.39, 0.29) is 23.2 Å². The topological polar surface area (TPSA) is 72.6 Å². The van der Waals surface area contributed by atoms with Gasteiger partial charge in [-0.15, -0.1) is 0 Å². The first kappa shape index (κ1) is 14.2. The van der Waals surface area contributed by atoms with E-state index in [4.69, 9.17) is 10.5 Å². The lowest BCUT2D eigenvalue weighted by atomic mass is 10.3. The van der Waals surface area contributed by atoms with Gasteiger partial charge in [0.25, 0.3) is 0 Å². The summed E-state index contributed by atoms with van der Waals surface area (Å²) in [6.45, 7) is 0.594. The molecule has 0 bridgehead atoms. The van der Waals surface area contributed by atoms with Crippen molar-refractivity contribution >= 4 is 15.7 Å². The molecule has 1 aromatic carbocycles. The second-order valence-corrected chi connectivity index (χ2v) is 6.38. The predicted molar refractivity (Wildman–Crippen MR) is 69.6 cm³/mol. The minimum atomic E-state index is -3.70. The minimum absolute atomic E-state index is 0.00426. The van der Waals surface area contributed by atoms with Crippen LogP contribution in [0.3, 0.4) is 0 Å². The lowest BCUT2D eigenvalue weighted by Gasteiger charge is -2.22. The Kier molecular flexibility index (Phi) is 4.07. The van der Waals surface area contributed by atoms with Crippen LogP contribution in [0.25, 0.3) is 0 Å². The number of anilines is 1. The van der Waals surface area contributed by atoms with Crippen LogP contribution < -0.4 is 5.73 Å². The molecule has 1 aromatic rings. The molecule has 0 spiro atoms. The molecule has 0 heterocycles. The third kappa shape index (κ3) is 3.05. The molecule has 0 amide bonds. The first-order valence-corrected chi connectivity index (χ1v) is 7.46. The van der Waals surface area contributed by atoms with Crippen molar-refractivity contribution in [2.75, 3.05) is 26.0 Å². The van der Waals surface area contributed by atoms with Crippen LogP contribution >= 0.6 is 0 Å². The lowest BCUT2D eigenvalue weighted by Crippen LogP contribution is -2.36. The summed E-state index contributed by atoms with van der Waals surface area (Å²) in [4.78, 5) is -0.0445. The molecule has 1 aliphatic rings. The third-order valence-electron chi connectivity index (χ3n) is 3.03. The molecule has 5 nitrogen and oxygen atoms in total. The summed E-state index contributed by atoms with van der Waals surface area (Å²) in [5.74, 6) is -0.550. The molecule has 0 aromatic heterocycles. The fraction of sp³-hybridized carbons (Fsp3) is 0.500. The van der Waals surface area contributed by atoms with E-state index in [2.05, 4.69) is 0 Å². The number of ether oxygens (including phenoxy) is 1. The van der Waals surface area contributed by atoms with Crippen molar-refractivity contribution in [1.29, 1.82) is 0 Å². The van der Waals surface area contributed by atoms with Gasteiger partial charge in [-0.3, -0.25) is 0 Å². The number of benzene rings is 1. The lowest BCUT2D eigenvalue weighted by molar-refractivity contribution is 0.177. The van der Waals surface area contributed by atoms with E-state index >= 15 is 0 Å². The molecule has 0 radical (unpaired) electrons. The van der Waals surface area contributed by atoms with Crippen LogP contribution in [-0.2, 0) is 14.8 Å². The molecular formula is C12H17FN2O3S. The van der Waals surface area contributed by atoms with Gasteiger partial charge in [0.2, 0.25) is 10.0 Å². The van der Waals surface area contributed by atoms with Gasteiger partial charge in [0.15, 0.2) is 0 Å². The largest absolute Gasteiger partial charge is 0.398 e. The summed E-state index contributed by atoms with van der Waals surface area (Å²) in [6.07, 6.45) is 1.67. The van der Waals surface area contributed by atoms with E-state index in [0.29, 0.717) is 6.61 Å². The first-order valence-electron chi connectivity index (χ1n) is 6.02. The van der Waals surface area contributed by atoms with Gasteiger partial charge in [-0.25, -0.2) is 12.8 Å². The van der Waals surface area contributed by atoms with E-state index < -0.39 is 15.8 Å². The van der Waals surface area contributed by atoms with Crippen LogP contribution in [0.15, 0.2) is 23.1 Å². The van der Waals surface area contributed by atoms with Gasteiger partial charge in [-0.1, -0.05) is 0 Å². The van der Waals surface area contributed by atoms with Gasteiger partial charge in [0, 0.05) is 19.7 Å².